The van der Waals surface area contributed by atoms with Crippen LogP contribution in [0.15, 0.2) is 12.3 Å². The van der Waals surface area contributed by atoms with E-state index in [4.69, 9.17) is 5.73 Å². The Labute approximate surface area is 101 Å². The molecule has 1 amide bonds. The van der Waals surface area contributed by atoms with E-state index in [-0.39, 0.29) is 12.5 Å². The van der Waals surface area contributed by atoms with Crippen LogP contribution in [0.5, 0.6) is 0 Å². The normalized spacial score (nSPS) is 12.2. The molecule has 0 fully saturated rings. The highest BCUT2D eigenvalue weighted by Crippen LogP contribution is 2.09. The van der Waals surface area contributed by atoms with Crippen LogP contribution in [0.4, 0.5) is 5.69 Å². The van der Waals surface area contributed by atoms with E-state index >= 15 is 0 Å². The van der Waals surface area contributed by atoms with Gasteiger partial charge in [-0.3, -0.25) is 9.78 Å². The number of rotatable bonds is 5. The molecule has 1 rings (SSSR count). The average Bonchev–Trinajstić information content (AvgIpc) is 2.29. The maximum Gasteiger partial charge on any atom is 0.253 e. The summed E-state index contributed by atoms with van der Waals surface area (Å²) in [6.07, 6.45) is 2.57. The zero-order valence-electron chi connectivity index (χ0n) is 10.2. The van der Waals surface area contributed by atoms with Gasteiger partial charge in [0.1, 0.15) is 0 Å². The second-order valence-electron chi connectivity index (χ2n) is 4.05. The van der Waals surface area contributed by atoms with Crippen LogP contribution < -0.4 is 11.1 Å². The Kier molecular flexibility index (Phi) is 4.90. The van der Waals surface area contributed by atoms with Gasteiger partial charge in [-0.2, -0.15) is 0 Å². The van der Waals surface area contributed by atoms with Crippen LogP contribution in [0, 0.1) is 6.92 Å². The van der Waals surface area contributed by atoms with E-state index in [1.54, 1.807) is 13.0 Å². The highest BCUT2D eigenvalue weighted by Gasteiger charge is 2.11. The molecule has 0 saturated carbocycles. The molecular weight excluding hydrogens is 218 g/mol. The number of nitrogens with two attached hydrogens (primary N) is 1. The number of carbonyl (C=O) groups is 1. The zero-order chi connectivity index (χ0) is 12.8. The summed E-state index contributed by atoms with van der Waals surface area (Å²) in [6.45, 7) is 3.98. The number of nitrogen functional groups attached to an aromatic ring is 1. The van der Waals surface area contributed by atoms with E-state index in [0.29, 0.717) is 23.4 Å². The monoisotopic (exact) mass is 237 g/mol. The minimum atomic E-state index is -0.502. The number of hydrogen-bond acceptors (Lipinski definition) is 4. The predicted octanol–water partition coefficient (Wildman–Crippen LogP) is 0.863. The van der Waals surface area contributed by atoms with Crippen molar-refractivity contribution in [3.63, 3.8) is 0 Å². The van der Waals surface area contributed by atoms with Crippen LogP contribution in [0.25, 0.3) is 0 Å². The Hall–Kier alpha value is -1.62. The number of nitrogens with zero attached hydrogens (tertiary/aromatic N) is 1. The largest absolute Gasteiger partial charge is 0.397 e. The molecule has 5 heteroatoms. The van der Waals surface area contributed by atoms with E-state index < -0.39 is 6.10 Å². The summed E-state index contributed by atoms with van der Waals surface area (Å²) < 4.78 is 0. The Morgan fingerprint density at radius 3 is 3.00 bits per heavy atom. The molecule has 0 aliphatic heterocycles. The van der Waals surface area contributed by atoms with Crippen molar-refractivity contribution in [2.45, 2.75) is 32.8 Å². The molecule has 1 unspecified atom stereocenters. The molecule has 1 aromatic heterocycles. The summed E-state index contributed by atoms with van der Waals surface area (Å²) in [7, 11) is 0. The van der Waals surface area contributed by atoms with E-state index in [0.717, 1.165) is 6.42 Å². The van der Waals surface area contributed by atoms with Crippen molar-refractivity contribution in [1.29, 1.82) is 0 Å². The summed E-state index contributed by atoms with van der Waals surface area (Å²) in [5.74, 6) is -0.252. The Morgan fingerprint density at radius 2 is 2.35 bits per heavy atom. The Balaban J connectivity index is 2.61. The first-order chi connectivity index (χ1) is 8.04. The summed E-state index contributed by atoms with van der Waals surface area (Å²) >= 11 is 0. The van der Waals surface area contributed by atoms with Crippen molar-refractivity contribution in [2.24, 2.45) is 0 Å². The third kappa shape index (κ3) is 4.03. The van der Waals surface area contributed by atoms with Gasteiger partial charge in [-0.05, 0) is 19.4 Å². The average molecular weight is 237 g/mol. The SMILES string of the molecule is CCCC(O)CNC(=O)c1cc(N)cnc1C. The lowest BCUT2D eigenvalue weighted by molar-refractivity contribution is 0.0909. The summed E-state index contributed by atoms with van der Waals surface area (Å²) in [5, 5.41) is 12.2. The van der Waals surface area contributed by atoms with Crippen molar-refractivity contribution in [3.05, 3.63) is 23.5 Å². The number of aromatic nitrogens is 1. The van der Waals surface area contributed by atoms with Crippen molar-refractivity contribution < 1.29 is 9.90 Å². The van der Waals surface area contributed by atoms with E-state index in [1.807, 2.05) is 6.92 Å². The third-order valence-corrected chi connectivity index (χ3v) is 2.47. The van der Waals surface area contributed by atoms with Gasteiger partial charge in [0, 0.05) is 6.54 Å². The molecule has 5 nitrogen and oxygen atoms in total. The molecular formula is C12H19N3O2. The van der Waals surface area contributed by atoms with Gasteiger partial charge in [-0.15, -0.1) is 0 Å². The lowest BCUT2D eigenvalue weighted by Crippen LogP contribution is -2.32. The molecule has 1 atom stereocenters. The first-order valence-corrected chi connectivity index (χ1v) is 5.73. The number of amides is 1. The van der Waals surface area contributed by atoms with Crippen molar-refractivity contribution >= 4 is 11.6 Å². The number of aryl methyl sites for hydroxylation is 1. The molecule has 0 radical (unpaired) electrons. The lowest BCUT2D eigenvalue weighted by Gasteiger charge is -2.11. The molecule has 1 aromatic rings. The third-order valence-electron chi connectivity index (χ3n) is 2.47. The van der Waals surface area contributed by atoms with Crippen LogP contribution >= 0.6 is 0 Å². The topological polar surface area (TPSA) is 88.2 Å². The van der Waals surface area contributed by atoms with E-state index in [9.17, 15) is 9.90 Å². The summed E-state index contributed by atoms with van der Waals surface area (Å²) in [6, 6.07) is 1.59. The number of hydrogen-bond donors (Lipinski definition) is 3. The quantitative estimate of drug-likeness (QED) is 0.708. The molecule has 1 heterocycles. The van der Waals surface area contributed by atoms with Crippen molar-refractivity contribution in [1.82, 2.24) is 10.3 Å². The second-order valence-corrected chi connectivity index (χ2v) is 4.05. The fourth-order valence-electron chi connectivity index (χ4n) is 1.52. The molecule has 94 valence electrons. The molecule has 17 heavy (non-hydrogen) atoms. The first-order valence-electron chi connectivity index (χ1n) is 5.73. The molecule has 0 saturated heterocycles. The van der Waals surface area contributed by atoms with Gasteiger partial charge in [-0.25, -0.2) is 0 Å². The number of aliphatic hydroxyl groups is 1. The van der Waals surface area contributed by atoms with Crippen molar-refractivity contribution in [2.75, 3.05) is 12.3 Å². The van der Waals surface area contributed by atoms with Crippen LogP contribution in [0.2, 0.25) is 0 Å². The summed E-state index contributed by atoms with van der Waals surface area (Å²) in [5.41, 5.74) is 7.11. The van der Waals surface area contributed by atoms with Crippen LogP contribution in [0.1, 0.15) is 35.8 Å². The van der Waals surface area contributed by atoms with Gasteiger partial charge < -0.3 is 16.2 Å². The Bertz CT molecular complexity index is 393. The van der Waals surface area contributed by atoms with Crippen LogP contribution in [0.3, 0.4) is 0 Å². The molecule has 0 aliphatic carbocycles. The standard InChI is InChI=1S/C12H19N3O2/c1-3-4-10(16)7-15-12(17)11-5-9(13)6-14-8(11)2/h5-6,10,16H,3-4,7,13H2,1-2H3,(H,15,17). The van der Waals surface area contributed by atoms with Gasteiger partial charge in [0.2, 0.25) is 0 Å². The number of anilines is 1. The number of pyridine rings is 1. The van der Waals surface area contributed by atoms with Gasteiger partial charge in [0.25, 0.3) is 5.91 Å². The molecule has 0 spiro atoms. The van der Waals surface area contributed by atoms with E-state index in [2.05, 4.69) is 10.3 Å². The maximum atomic E-state index is 11.8. The minimum Gasteiger partial charge on any atom is -0.397 e. The highest BCUT2D eigenvalue weighted by atomic mass is 16.3. The zero-order valence-corrected chi connectivity index (χ0v) is 10.2. The van der Waals surface area contributed by atoms with Gasteiger partial charge in [0.05, 0.1) is 29.2 Å². The predicted molar refractivity (Wildman–Crippen MR) is 66.6 cm³/mol. The van der Waals surface area contributed by atoms with Gasteiger partial charge in [-0.1, -0.05) is 13.3 Å². The Morgan fingerprint density at radius 1 is 1.65 bits per heavy atom. The fraction of sp³-hybridized carbons (Fsp3) is 0.500. The molecule has 4 N–H and O–H groups in total. The summed E-state index contributed by atoms with van der Waals surface area (Å²) in [4.78, 5) is 15.8. The second kappa shape index (κ2) is 6.20. The van der Waals surface area contributed by atoms with Gasteiger partial charge >= 0.3 is 0 Å². The van der Waals surface area contributed by atoms with Crippen molar-refractivity contribution in [3.8, 4) is 0 Å². The fourth-order valence-corrected chi connectivity index (χ4v) is 1.52. The van der Waals surface area contributed by atoms with E-state index in [1.165, 1.54) is 6.20 Å². The molecule has 0 aliphatic rings. The number of nitrogens with one attached hydrogen (secondary N) is 1. The lowest BCUT2D eigenvalue weighted by atomic mass is 10.1. The van der Waals surface area contributed by atoms with Gasteiger partial charge in [0.15, 0.2) is 0 Å². The molecule has 0 bridgehead atoms. The van der Waals surface area contributed by atoms with Crippen LogP contribution in [-0.2, 0) is 0 Å². The number of carbonyl (C=O) groups excluding carboxylic acids is 1. The number of aliphatic hydroxyl groups excluding tert-OH is 1. The first kappa shape index (κ1) is 13.4. The smallest absolute Gasteiger partial charge is 0.253 e. The maximum absolute atomic E-state index is 11.8. The molecule has 0 aromatic carbocycles. The van der Waals surface area contributed by atoms with Crippen LogP contribution in [-0.4, -0.2) is 28.6 Å². The highest BCUT2D eigenvalue weighted by molar-refractivity contribution is 5.95. The minimum absolute atomic E-state index is 0.251.